The van der Waals surface area contributed by atoms with Crippen LogP contribution in [0.5, 0.6) is 0 Å². The fourth-order valence-corrected chi connectivity index (χ4v) is 3.43. The van der Waals surface area contributed by atoms with E-state index in [0.29, 0.717) is 23.2 Å². The minimum absolute atomic E-state index is 0.159. The molecule has 0 unspecified atom stereocenters. The number of benzene rings is 1. The van der Waals surface area contributed by atoms with E-state index < -0.39 is 0 Å². The number of pyridine rings is 2. The molecule has 0 amide bonds. The highest BCUT2D eigenvalue weighted by Gasteiger charge is 2.14. The number of aromatic nitrogens is 4. The first-order chi connectivity index (χ1) is 13.5. The van der Waals surface area contributed by atoms with Gasteiger partial charge in [0.25, 0.3) is 0 Å². The maximum Gasteiger partial charge on any atom is 0.247 e. The van der Waals surface area contributed by atoms with Crippen molar-refractivity contribution in [2.24, 2.45) is 0 Å². The Morgan fingerprint density at radius 3 is 2.79 bits per heavy atom. The molecule has 1 N–H and O–H groups in total. The van der Waals surface area contributed by atoms with Crippen LogP contribution in [0.25, 0.3) is 22.3 Å². The number of halogens is 2. The Morgan fingerprint density at radius 2 is 2.04 bits per heavy atom. The van der Waals surface area contributed by atoms with Crippen molar-refractivity contribution < 1.29 is 4.74 Å². The number of nitrogens with zero attached hydrogens (tertiary/aromatic N) is 3. The van der Waals surface area contributed by atoms with Gasteiger partial charge in [-0.15, -0.1) is 0 Å². The molecule has 0 bridgehead atoms. The van der Waals surface area contributed by atoms with Crippen molar-refractivity contribution in [2.45, 2.75) is 13.2 Å². The molecule has 0 aliphatic carbocycles. The number of nitrogens with one attached hydrogen (secondary N) is 1. The number of imidazole rings is 1. The Kier molecular flexibility index (Phi) is 5.17. The molecule has 0 saturated carbocycles. The van der Waals surface area contributed by atoms with Gasteiger partial charge < -0.3 is 14.3 Å². The van der Waals surface area contributed by atoms with E-state index in [4.69, 9.17) is 27.9 Å². The summed E-state index contributed by atoms with van der Waals surface area (Å²) in [6.45, 7) is 0.838. The molecule has 28 heavy (non-hydrogen) atoms. The Bertz CT molecular complexity index is 1200. The molecule has 142 valence electrons. The van der Waals surface area contributed by atoms with Crippen LogP contribution in [0.1, 0.15) is 11.4 Å². The quantitative estimate of drug-likeness (QED) is 0.528. The van der Waals surface area contributed by atoms with Crippen molar-refractivity contribution in [1.29, 1.82) is 0 Å². The summed E-state index contributed by atoms with van der Waals surface area (Å²) >= 11 is 12.5. The SMILES string of the molecule is COCc1nc2cnc(-c3ccc(=O)[nH]c3)cc2n1Cc1cc(Cl)ccc1Cl. The minimum Gasteiger partial charge on any atom is -0.377 e. The summed E-state index contributed by atoms with van der Waals surface area (Å²) in [6, 6.07) is 10.5. The highest BCUT2D eigenvalue weighted by molar-refractivity contribution is 6.33. The molecule has 1 aromatic carbocycles. The molecular formula is C20H16Cl2N4O2. The molecule has 0 fully saturated rings. The summed E-state index contributed by atoms with van der Waals surface area (Å²) in [5, 5.41) is 1.25. The van der Waals surface area contributed by atoms with Gasteiger partial charge in [0, 0.05) is 35.0 Å². The van der Waals surface area contributed by atoms with Crippen LogP contribution in [0.2, 0.25) is 10.0 Å². The third-order valence-corrected chi connectivity index (χ3v) is 5.01. The van der Waals surface area contributed by atoms with E-state index >= 15 is 0 Å². The number of hydrogen-bond acceptors (Lipinski definition) is 4. The lowest BCUT2D eigenvalue weighted by atomic mass is 10.2. The number of ether oxygens (including phenoxy) is 1. The van der Waals surface area contributed by atoms with Crippen LogP contribution in [0.4, 0.5) is 0 Å². The number of rotatable bonds is 5. The first-order valence-electron chi connectivity index (χ1n) is 8.52. The van der Waals surface area contributed by atoms with Gasteiger partial charge in [-0.1, -0.05) is 23.2 Å². The molecule has 4 aromatic rings. The van der Waals surface area contributed by atoms with Gasteiger partial charge in [-0.25, -0.2) is 4.98 Å². The molecule has 0 spiro atoms. The second-order valence-corrected chi connectivity index (χ2v) is 7.13. The van der Waals surface area contributed by atoms with Gasteiger partial charge in [0.05, 0.1) is 24.0 Å². The smallest absolute Gasteiger partial charge is 0.247 e. The zero-order chi connectivity index (χ0) is 19.7. The second-order valence-electron chi connectivity index (χ2n) is 6.28. The maximum absolute atomic E-state index is 11.3. The van der Waals surface area contributed by atoms with Crippen molar-refractivity contribution >= 4 is 34.2 Å². The van der Waals surface area contributed by atoms with Gasteiger partial charge in [-0.2, -0.15) is 0 Å². The largest absolute Gasteiger partial charge is 0.377 e. The van der Waals surface area contributed by atoms with Gasteiger partial charge in [0.1, 0.15) is 17.9 Å². The van der Waals surface area contributed by atoms with Crippen LogP contribution >= 0.6 is 23.2 Å². The number of fused-ring (bicyclic) bond motifs is 1. The molecule has 4 rings (SSSR count). The zero-order valence-electron chi connectivity index (χ0n) is 14.9. The third-order valence-electron chi connectivity index (χ3n) is 4.40. The molecule has 3 heterocycles. The fourth-order valence-electron chi connectivity index (χ4n) is 3.06. The normalized spacial score (nSPS) is 11.2. The van der Waals surface area contributed by atoms with Crippen LogP contribution in [0.3, 0.4) is 0 Å². The average Bonchev–Trinajstić information content (AvgIpc) is 3.02. The standard InChI is InChI=1S/C20H16Cl2N4O2/c1-28-11-19-25-17-9-23-16(12-2-5-20(27)24-8-12)7-18(17)26(19)10-13-6-14(21)3-4-15(13)22/h2-9H,10-11H2,1H3,(H,24,27). The van der Waals surface area contributed by atoms with E-state index in [2.05, 4.69) is 15.0 Å². The fraction of sp³-hybridized carbons (Fsp3) is 0.150. The van der Waals surface area contributed by atoms with E-state index in [1.54, 1.807) is 37.7 Å². The Balaban J connectivity index is 1.85. The van der Waals surface area contributed by atoms with Crippen molar-refractivity contribution in [3.05, 3.63) is 80.6 Å². The van der Waals surface area contributed by atoms with Crippen LogP contribution in [-0.2, 0) is 17.9 Å². The topological polar surface area (TPSA) is 72.8 Å². The predicted octanol–water partition coefficient (Wildman–Crippen LogP) is 4.29. The second kappa shape index (κ2) is 7.75. The lowest BCUT2D eigenvalue weighted by molar-refractivity contribution is 0.175. The minimum atomic E-state index is -0.159. The van der Waals surface area contributed by atoms with E-state index in [9.17, 15) is 4.79 Å². The molecule has 0 aliphatic heterocycles. The van der Waals surface area contributed by atoms with E-state index in [1.807, 2.05) is 16.7 Å². The molecule has 8 heteroatoms. The average molecular weight is 415 g/mol. The summed E-state index contributed by atoms with van der Waals surface area (Å²) < 4.78 is 7.35. The Morgan fingerprint density at radius 1 is 1.18 bits per heavy atom. The van der Waals surface area contributed by atoms with Gasteiger partial charge >= 0.3 is 0 Å². The number of aromatic amines is 1. The number of methoxy groups -OCH3 is 1. The number of hydrogen-bond donors (Lipinski definition) is 1. The monoisotopic (exact) mass is 414 g/mol. The first kappa shape index (κ1) is 18.7. The van der Waals surface area contributed by atoms with Crippen LogP contribution in [0.15, 0.2) is 53.6 Å². The van der Waals surface area contributed by atoms with E-state index in [1.165, 1.54) is 6.07 Å². The lowest BCUT2D eigenvalue weighted by Crippen LogP contribution is -2.07. The summed E-state index contributed by atoms with van der Waals surface area (Å²) in [5.74, 6) is 0.758. The Hall–Kier alpha value is -2.67. The van der Waals surface area contributed by atoms with Gasteiger partial charge in [0.2, 0.25) is 5.56 Å². The van der Waals surface area contributed by atoms with Gasteiger partial charge in [-0.05, 0) is 35.9 Å². The van der Waals surface area contributed by atoms with Crippen molar-refractivity contribution in [3.63, 3.8) is 0 Å². The zero-order valence-corrected chi connectivity index (χ0v) is 16.5. The van der Waals surface area contributed by atoms with Crippen LogP contribution < -0.4 is 5.56 Å². The van der Waals surface area contributed by atoms with E-state index in [0.717, 1.165) is 33.7 Å². The van der Waals surface area contributed by atoms with Crippen LogP contribution in [0, 0.1) is 0 Å². The van der Waals surface area contributed by atoms with Gasteiger partial charge in [0.15, 0.2) is 0 Å². The summed E-state index contributed by atoms with van der Waals surface area (Å²) in [4.78, 5) is 23.1. The molecular weight excluding hydrogens is 399 g/mol. The van der Waals surface area contributed by atoms with Crippen molar-refractivity contribution in [3.8, 4) is 11.3 Å². The molecule has 0 radical (unpaired) electrons. The van der Waals surface area contributed by atoms with Crippen molar-refractivity contribution in [1.82, 2.24) is 19.5 Å². The molecule has 6 nitrogen and oxygen atoms in total. The van der Waals surface area contributed by atoms with E-state index in [-0.39, 0.29) is 5.56 Å². The molecule has 0 aliphatic rings. The van der Waals surface area contributed by atoms with Crippen molar-refractivity contribution in [2.75, 3.05) is 7.11 Å². The Labute approximate surface area is 170 Å². The number of H-pyrrole nitrogens is 1. The molecule has 0 atom stereocenters. The van der Waals surface area contributed by atoms with Gasteiger partial charge in [-0.3, -0.25) is 9.78 Å². The molecule has 0 saturated heterocycles. The summed E-state index contributed by atoms with van der Waals surface area (Å²) in [7, 11) is 1.63. The summed E-state index contributed by atoms with van der Waals surface area (Å²) in [5.41, 5.74) is 3.90. The summed E-state index contributed by atoms with van der Waals surface area (Å²) in [6.07, 6.45) is 3.35. The predicted molar refractivity (Wildman–Crippen MR) is 110 cm³/mol. The lowest BCUT2D eigenvalue weighted by Gasteiger charge is -2.11. The highest BCUT2D eigenvalue weighted by atomic mass is 35.5. The maximum atomic E-state index is 11.3. The van der Waals surface area contributed by atoms with Crippen LogP contribution in [-0.4, -0.2) is 26.6 Å². The first-order valence-corrected chi connectivity index (χ1v) is 9.28. The third kappa shape index (κ3) is 3.67. The molecule has 3 aromatic heterocycles. The highest BCUT2D eigenvalue weighted by Crippen LogP contribution is 2.26.